The molecule has 1 aliphatic rings. The molecule has 6 nitrogen and oxygen atoms in total. The van der Waals surface area contributed by atoms with Crippen molar-refractivity contribution < 1.29 is 9.15 Å². The van der Waals surface area contributed by atoms with E-state index in [1.54, 1.807) is 6.26 Å². The van der Waals surface area contributed by atoms with Crippen LogP contribution in [0.2, 0.25) is 0 Å². The van der Waals surface area contributed by atoms with Gasteiger partial charge in [-0.15, -0.1) is 0 Å². The molecule has 6 heteroatoms. The number of hydrogen-bond donors (Lipinski definition) is 0. The fraction of sp³-hybridized carbons (Fsp3) is 0.278. The van der Waals surface area contributed by atoms with Gasteiger partial charge in [0.1, 0.15) is 0 Å². The summed E-state index contributed by atoms with van der Waals surface area (Å²) in [6.07, 6.45) is 3.99. The summed E-state index contributed by atoms with van der Waals surface area (Å²) in [5.74, 6) is 1.47. The fourth-order valence-corrected chi connectivity index (χ4v) is 3.26. The van der Waals surface area contributed by atoms with Crippen LogP contribution in [0.15, 0.2) is 47.1 Å². The second-order valence-corrected chi connectivity index (χ2v) is 6.02. The van der Waals surface area contributed by atoms with Crippen molar-refractivity contribution in [2.24, 2.45) is 0 Å². The Morgan fingerprint density at radius 2 is 1.92 bits per heavy atom. The summed E-state index contributed by atoms with van der Waals surface area (Å²) < 4.78 is 13.5. The number of ether oxygens (including phenoxy) is 1. The topological polar surface area (TPSA) is 66.0 Å². The number of benzene rings is 1. The van der Waals surface area contributed by atoms with Crippen molar-refractivity contribution in [3.05, 3.63) is 42.7 Å². The molecular formula is C18H16N4O2. The molecule has 1 fully saturated rings. The summed E-state index contributed by atoms with van der Waals surface area (Å²) in [7, 11) is 0. The van der Waals surface area contributed by atoms with Crippen LogP contribution in [-0.2, 0) is 11.3 Å². The number of hydrogen-bond acceptors (Lipinski definition) is 5. The molecular weight excluding hydrogens is 304 g/mol. The highest BCUT2D eigenvalue weighted by Gasteiger charge is 2.23. The lowest BCUT2D eigenvalue weighted by atomic mass is 10.2. The van der Waals surface area contributed by atoms with Crippen LogP contribution in [0.1, 0.15) is 12.8 Å². The van der Waals surface area contributed by atoms with Crippen molar-refractivity contribution in [3.63, 3.8) is 0 Å². The van der Waals surface area contributed by atoms with E-state index in [0.717, 1.165) is 47.7 Å². The van der Waals surface area contributed by atoms with Gasteiger partial charge in [0.2, 0.25) is 0 Å². The maximum absolute atomic E-state index is 5.81. The zero-order valence-corrected chi connectivity index (χ0v) is 13.1. The van der Waals surface area contributed by atoms with Crippen molar-refractivity contribution in [3.8, 4) is 11.6 Å². The van der Waals surface area contributed by atoms with Crippen LogP contribution in [-0.4, -0.2) is 32.2 Å². The molecule has 5 rings (SSSR count). The molecule has 0 amide bonds. The van der Waals surface area contributed by atoms with Gasteiger partial charge in [-0.2, -0.15) is 0 Å². The van der Waals surface area contributed by atoms with Crippen LogP contribution >= 0.6 is 0 Å². The summed E-state index contributed by atoms with van der Waals surface area (Å²) in [5, 5.41) is 0. The lowest BCUT2D eigenvalue weighted by Gasteiger charge is -2.12. The average molecular weight is 320 g/mol. The lowest BCUT2D eigenvalue weighted by molar-refractivity contribution is 0.0980. The first-order valence-corrected chi connectivity index (χ1v) is 8.17. The van der Waals surface area contributed by atoms with Crippen LogP contribution in [0, 0.1) is 0 Å². The zero-order chi connectivity index (χ0) is 15.9. The molecule has 1 atom stereocenters. The Morgan fingerprint density at radius 1 is 1.04 bits per heavy atom. The van der Waals surface area contributed by atoms with Crippen LogP contribution in [0.25, 0.3) is 33.9 Å². The summed E-state index contributed by atoms with van der Waals surface area (Å²) >= 11 is 0. The minimum absolute atomic E-state index is 0.185. The maximum atomic E-state index is 5.81. The number of rotatable bonds is 3. The minimum Gasteiger partial charge on any atom is -0.461 e. The number of para-hydroxylation sites is 2. The monoisotopic (exact) mass is 320 g/mol. The Hall–Kier alpha value is -2.73. The molecule has 0 N–H and O–H groups in total. The number of nitrogens with zero attached hydrogens (tertiary/aromatic N) is 4. The summed E-state index contributed by atoms with van der Waals surface area (Å²) in [4.78, 5) is 14.1. The quantitative estimate of drug-likeness (QED) is 0.578. The standard InChI is InChI=1S/C18H16N4O2/c1-2-7-14-13(6-1)19-16-18(20-14)22(11-12-5-3-9-23-12)17(21-16)15-8-4-10-24-15/h1-2,4,6-8,10,12H,3,5,9,11H2/t12-/m1/s1. The van der Waals surface area contributed by atoms with E-state index in [-0.39, 0.29) is 6.10 Å². The Morgan fingerprint density at radius 3 is 2.67 bits per heavy atom. The number of furan rings is 1. The molecule has 1 aliphatic heterocycles. The van der Waals surface area contributed by atoms with Crippen LogP contribution in [0.5, 0.6) is 0 Å². The van der Waals surface area contributed by atoms with Gasteiger partial charge in [0.05, 0.1) is 29.9 Å². The van der Waals surface area contributed by atoms with Crippen molar-refractivity contribution >= 4 is 22.3 Å². The van der Waals surface area contributed by atoms with E-state index in [1.807, 2.05) is 36.4 Å². The Bertz CT molecular complexity index is 1000. The van der Waals surface area contributed by atoms with Gasteiger partial charge in [0.25, 0.3) is 0 Å². The molecule has 1 saturated heterocycles. The normalized spacial score (nSPS) is 17.9. The molecule has 0 bridgehead atoms. The first kappa shape index (κ1) is 13.7. The van der Waals surface area contributed by atoms with Gasteiger partial charge < -0.3 is 13.7 Å². The van der Waals surface area contributed by atoms with E-state index in [4.69, 9.17) is 14.1 Å². The van der Waals surface area contributed by atoms with Crippen LogP contribution in [0.3, 0.4) is 0 Å². The lowest BCUT2D eigenvalue weighted by Crippen LogP contribution is -2.16. The highest BCUT2D eigenvalue weighted by atomic mass is 16.5. The van der Waals surface area contributed by atoms with Crippen molar-refractivity contribution in [2.75, 3.05) is 6.61 Å². The highest BCUT2D eigenvalue weighted by Crippen LogP contribution is 2.27. The third-order valence-electron chi connectivity index (χ3n) is 4.41. The second kappa shape index (κ2) is 5.42. The maximum Gasteiger partial charge on any atom is 0.198 e. The van der Waals surface area contributed by atoms with Gasteiger partial charge in [-0.3, -0.25) is 0 Å². The van der Waals surface area contributed by atoms with Gasteiger partial charge in [-0.25, -0.2) is 15.0 Å². The smallest absolute Gasteiger partial charge is 0.198 e. The van der Waals surface area contributed by atoms with Gasteiger partial charge in [0, 0.05) is 6.61 Å². The van der Waals surface area contributed by atoms with E-state index in [9.17, 15) is 0 Å². The van der Waals surface area contributed by atoms with E-state index in [2.05, 4.69) is 14.5 Å². The second-order valence-electron chi connectivity index (χ2n) is 6.02. The number of imidazole rings is 1. The summed E-state index contributed by atoms with van der Waals surface area (Å²) in [6.45, 7) is 1.53. The molecule has 0 aliphatic carbocycles. The first-order chi connectivity index (χ1) is 11.9. The predicted octanol–water partition coefficient (Wildman–Crippen LogP) is 3.42. The Balaban J connectivity index is 1.74. The third kappa shape index (κ3) is 2.18. The minimum atomic E-state index is 0.185. The largest absolute Gasteiger partial charge is 0.461 e. The molecule has 0 radical (unpaired) electrons. The van der Waals surface area contributed by atoms with E-state index in [0.29, 0.717) is 12.2 Å². The van der Waals surface area contributed by atoms with Gasteiger partial charge in [0.15, 0.2) is 22.9 Å². The van der Waals surface area contributed by atoms with Crippen molar-refractivity contribution in [1.82, 2.24) is 19.5 Å². The van der Waals surface area contributed by atoms with Gasteiger partial charge in [-0.05, 0) is 37.1 Å². The van der Waals surface area contributed by atoms with E-state index in [1.165, 1.54) is 0 Å². The molecule has 4 aromatic rings. The Labute approximate surface area is 138 Å². The predicted molar refractivity (Wildman–Crippen MR) is 89.5 cm³/mol. The third-order valence-corrected chi connectivity index (χ3v) is 4.41. The van der Waals surface area contributed by atoms with E-state index >= 15 is 0 Å². The summed E-state index contributed by atoms with van der Waals surface area (Å²) in [6, 6.07) is 11.6. The van der Waals surface area contributed by atoms with Crippen molar-refractivity contribution in [2.45, 2.75) is 25.5 Å². The average Bonchev–Trinajstić information content (AvgIpc) is 3.35. The zero-order valence-electron chi connectivity index (χ0n) is 13.1. The Kier molecular flexibility index (Phi) is 3.09. The number of aromatic nitrogens is 4. The fourth-order valence-electron chi connectivity index (χ4n) is 3.26. The molecule has 120 valence electrons. The molecule has 24 heavy (non-hydrogen) atoms. The molecule has 3 aromatic heterocycles. The van der Waals surface area contributed by atoms with Gasteiger partial charge in [-0.1, -0.05) is 12.1 Å². The highest BCUT2D eigenvalue weighted by molar-refractivity contribution is 5.84. The first-order valence-electron chi connectivity index (χ1n) is 8.17. The van der Waals surface area contributed by atoms with Crippen LogP contribution < -0.4 is 0 Å². The van der Waals surface area contributed by atoms with E-state index < -0.39 is 0 Å². The molecule has 1 aromatic carbocycles. The molecule has 0 spiro atoms. The molecule has 0 unspecified atom stereocenters. The molecule has 0 saturated carbocycles. The van der Waals surface area contributed by atoms with Gasteiger partial charge >= 0.3 is 0 Å². The number of fused-ring (bicyclic) bond motifs is 2. The van der Waals surface area contributed by atoms with Crippen molar-refractivity contribution in [1.29, 1.82) is 0 Å². The van der Waals surface area contributed by atoms with Crippen LogP contribution in [0.4, 0.5) is 0 Å². The SMILES string of the molecule is c1coc(-c2nc3nc4ccccc4nc3n2C[C@H]2CCCO2)c1. The molecule has 4 heterocycles. The summed E-state index contributed by atoms with van der Waals surface area (Å²) in [5.41, 5.74) is 3.12.